The standard InChI is InChI=1S/C27H34O4S/c1-18(2)20-8-12-23-21(16-20)9-13-24-26(23,4)15-14-25(28)27(24,5)17-31-32(29,30)22-10-6-19(3)7-11-22/h6-8,10-12,16,18,24H,9,13-15,17H2,1-5H3/t24?,26-,27-/m1/s1. The van der Waals surface area contributed by atoms with Gasteiger partial charge in [-0.2, -0.15) is 8.42 Å². The lowest BCUT2D eigenvalue weighted by Gasteiger charge is -2.54. The molecule has 2 aliphatic carbocycles. The van der Waals surface area contributed by atoms with E-state index in [4.69, 9.17) is 4.18 Å². The molecular formula is C27H34O4S. The highest BCUT2D eigenvalue weighted by atomic mass is 32.2. The van der Waals surface area contributed by atoms with E-state index in [-0.39, 0.29) is 28.6 Å². The van der Waals surface area contributed by atoms with Crippen LogP contribution in [0.1, 0.15) is 75.1 Å². The van der Waals surface area contributed by atoms with Gasteiger partial charge in [-0.15, -0.1) is 0 Å². The van der Waals surface area contributed by atoms with Gasteiger partial charge in [-0.1, -0.05) is 63.6 Å². The molecule has 0 spiro atoms. The van der Waals surface area contributed by atoms with Crippen molar-refractivity contribution in [2.75, 3.05) is 6.61 Å². The van der Waals surface area contributed by atoms with Crippen molar-refractivity contribution in [2.45, 2.75) is 76.5 Å². The summed E-state index contributed by atoms with van der Waals surface area (Å²) < 4.78 is 31.2. The van der Waals surface area contributed by atoms with Gasteiger partial charge in [0.15, 0.2) is 0 Å². The second-order valence-electron chi connectivity index (χ2n) is 10.5. The molecule has 0 aliphatic heterocycles. The fourth-order valence-corrected chi connectivity index (χ4v) is 6.89. The number of carbonyl (C=O) groups is 1. The number of benzene rings is 2. The molecule has 1 saturated carbocycles. The van der Waals surface area contributed by atoms with Crippen LogP contribution in [0, 0.1) is 18.3 Å². The summed E-state index contributed by atoms with van der Waals surface area (Å²) in [4.78, 5) is 13.3. The molecule has 4 rings (SSSR count). The number of fused-ring (bicyclic) bond motifs is 3. The Balaban J connectivity index is 1.64. The average molecular weight is 455 g/mol. The minimum atomic E-state index is -3.92. The summed E-state index contributed by atoms with van der Waals surface area (Å²) in [7, 11) is -3.92. The van der Waals surface area contributed by atoms with Gasteiger partial charge in [0.2, 0.25) is 0 Å². The van der Waals surface area contributed by atoms with E-state index in [1.807, 2.05) is 13.8 Å². The predicted molar refractivity (Wildman–Crippen MR) is 126 cm³/mol. The van der Waals surface area contributed by atoms with Crippen LogP contribution in [0.3, 0.4) is 0 Å². The number of hydrogen-bond donors (Lipinski definition) is 0. The molecule has 2 aromatic carbocycles. The normalized spacial score (nSPS) is 27.8. The Bertz CT molecular complexity index is 1130. The number of aryl methyl sites for hydroxylation is 2. The van der Waals surface area contributed by atoms with Crippen LogP contribution in [-0.2, 0) is 30.9 Å². The Morgan fingerprint density at radius 3 is 2.41 bits per heavy atom. The van der Waals surface area contributed by atoms with Crippen molar-refractivity contribution in [3.8, 4) is 0 Å². The van der Waals surface area contributed by atoms with E-state index in [0.717, 1.165) is 24.8 Å². The van der Waals surface area contributed by atoms with Crippen molar-refractivity contribution < 1.29 is 17.4 Å². The van der Waals surface area contributed by atoms with E-state index in [1.165, 1.54) is 16.7 Å². The molecule has 32 heavy (non-hydrogen) atoms. The average Bonchev–Trinajstić information content (AvgIpc) is 2.75. The van der Waals surface area contributed by atoms with Crippen molar-refractivity contribution in [3.63, 3.8) is 0 Å². The van der Waals surface area contributed by atoms with Crippen molar-refractivity contribution in [1.29, 1.82) is 0 Å². The molecule has 0 radical (unpaired) electrons. The zero-order valence-corrected chi connectivity index (χ0v) is 20.6. The lowest BCUT2D eigenvalue weighted by Crippen LogP contribution is -2.55. The summed E-state index contributed by atoms with van der Waals surface area (Å²) in [5, 5.41) is 0. The van der Waals surface area contributed by atoms with E-state index in [1.54, 1.807) is 24.3 Å². The summed E-state index contributed by atoms with van der Waals surface area (Å²) in [6.45, 7) is 10.4. The summed E-state index contributed by atoms with van der Waals surface area (Å²) in [6.07, 6.45) is 3.01. The maximum atomic E-state index is 13.2. The van der Waals surface area contributed by atoms with Gasteiger partial charge in [0.1, 0.15) is 5.78 Å². The first-order valence-electron chi connectivity index (χ1n) is 11.6. The van der Waals surface area contributed by atoms with E-state index in [0.29, 0.717) is 12.3 Å². The van der Waals surface area contributed by atoms with Crippen LogP contribution in [0.5, 0.6) is 0 Å². The van der Waals surface area contributed by atoms with Crippen LogP contribution in [0.2, 0.25) is 0 Å². The van der Waals surface area contributed by atoms with Crippen LogP contribution in [0.4, 0.5) is 0 Å². The highest BCUT2D eigenvalue weighted by molar-refractivity contribution is 7.86. The second-order valence-corrected chi connectivity index (χ2v) is 12.1. The van der Waals surface area contributed by atoms with Crippen LogP contribution in [0.25, 0.3) is 0 Å². The van der Waals surface area contributed by atoms with E-state index in [2.05, 4.69) is 39.0 Å². The van der Waals surface area contributed by atoms with E-state index in [9.17, 15) is 13.2 Å². The molecule has 3 atom stereocenters. The second kappa shape index (κ2) is 8.11. The molecule has 1 fully saturated rings. The van der Waals surface area contributed by atoms with Gasteiger partial charge in [-0.05, 0) is 72.3 Å². The summed E-state index contributed by atoms with van der Waals surface area (Å²) in [6, 6.07) is 13.4. The molecule has 0 amide bonds. The van der Waals surface area contributed by atoms with Gasteiger partial charge in [-0.25, -0.2) is 0 Å². The topological polar surface area (TPSA) is 60.4 Å². The van der Waals surface area contributed by atoms with Gasteiger partial charge in [0, 0.05) is 6.42 Å². The monoisotopic (exact) mass is 454 g/mol. The van der Waals surface area contributed by atoms with Gasteiger partial charge < -0.3 is 0 Å². The van der Waals surface area contributed by atoms with Gasteiger partial charge in [0.05, 0.1) is 16.9 Å². The molecule has 0 N–H and O–H groups in total. The molecule has 4 nitrogen and oxygen atoms in total. The maximum Gasteiger partial charge on any atom is 0.297 e. The molecule has 172 valence electrons. The molecule has 0 bridgehead atoms. The van der Waals surface area contributed by atoms with Crippen LogP contribution in [-0.4, -0.2) is 20.8 Å². The fourth-order valence-electron chi connectivity index (χ4n) is 5.88. The lowest BCUT2D eigenvalue weighted by molar-refractivity contribution is -0.141. The van der Waals surface area contributed by atoms with E-state index < -0.39 is 15.5 Å². The molecule has 0 saturated heterocycles. The Morgan fingerprint density at radius 1 is 1.06 bits per heavy atom. The zero-order valence-electron chi connectivity index (χ0n) is 19.8. The summed E-state index contributed by atoms with van der Waals surface area (Å²) >= 11 is 0. The van der Waals surface area contributed by atoms with Crippen molar-refractivity contribution in [2.24, 2.45) is 11.3 Å². The number of rotatable bonds is 5. The number of hydrogen-bond acceptors (Lipinski definition) is 4. The Kier molecular flexibility index (Phi) is 5.87. The van der Waals surface area contributed by atoms with Crippen molar-refractivity contribution in [1.82, 2.24) is 0 Å². The smallest absolute Gasteiger partial charge is 0.297 e. The highest BCUT2D eigenvalue weighted by Gasteiger charge is 2.56. The zero-order chi connectivity index (χ0) is 23.3. The van der Waals surface area contributed by atoms with Gasteiger partial charge >= 0.3 is 0 Å². The third-order valence-electron chi connectivity index (χ3n) is 7.98. The van der Waals surface area contributed by atoms with Crippen LogP contribution >= 0.6 is 0 Å². The lowest BCUT2D eigenvalue weighted by atomic mass is 9.49. The number of carbonyl (C=O) groups excluding carboxylic acids is 1. The minimum Gasteiger partial charge on any atom is -0.299 e. The van der Waals surface area contributed by atoms with Gasteiger partial charge in [0.25, 0.3) is 10.1 Å². The molecule has 5 heteroatoms. The largest absolute Gasteiger partial charge is 0.299 e. The first kappa shape index (κ1) is 23.2. The fraction of sp³-hybridized carbons (Fsp3) is 0.519. The SMILES string of the molecule is Cc1ccc(S(=O)(=O)OC[C@@]2(C)C(=O)CC[C@]3(C)c4ccc(C(C)C)cc4CCC23)cc1. The third-order valence-corrected chi connectivity index (χ3v) is 9.26. The summed E-state index contributed by atoms with van der Waals surface area (Å²) in [5.41, 5.74) is 4.02. The molecular weight excluding hydrogens is 420 g/mol. The first-order valence-corrected chi connectivity index (χ1v) is 13.0. The third kappa shape index (κ3) is 3.84. The number of Topliss-reactive ketones (excluding diaryl/α,β-unsaturated/α-hetero) is 1. The Hall–Kier alpha value is -1.98. The Labute approximate surface area is 192 Å². The van der Waals surface area contributed by atoms with Crippen LogP contribution < -0.4 is 0 Å². The molecule has 0 aromatic heterocycles. The minimum absolute atomic E-state index is 0.0434. The molecule has 1 unspecified atom stereocenters. The predicted octanol–water partition coefficient (Wildman–Crippen LogP) is 5.71. The van der Waals surface area contributed by atoms with E-state index >= 15 is 0 Å². The molecule has 0 heterocycles. The first-order chi connectivity index (χ1) is 15.0. The molecule has 2 aromatic rings. The molecule has 2 aliphatic rings. The number of ketones is 1. The van der Waals surface area contributed by atoms with Gasteiger partial charge in [-0.3, -0.25) is 8.98 Å². The summed E-state index contributed by atoms with van der Waals surface area (Å²) in [5.74, 6) is 0.632. The quantitative estimate of drug-likeness (QED) is 0.543. The Morgan fingerprint density at radius 2 is 1.75 bits per heavy atom. The van der Waals surface area contributed by atoms with Crippen LogP contribution in [0.15, 0.2) is 47.4 Å². The van der Waals surface area contributed by atoms with Crippen molar-refractivity contribution >= 4 is 15.9 Å². The highest BCUT2D eigenvalue weighted by Crippen LogP contribution is 2.56. The maximum absolute atomic E-state index is 13.2. The van der Waals surface area contributed by atoms with Crippen molar-refractivity contribution in [3.05, 3.63) is 64.7 Å².